The maximum Gasteiger partial charge on any atom is 0.156 e. The van der Waals surface area contributed by atoms with Gasteiger partial charge >= 0.3 is 0 Å². The lowest BCUT2D eigenvalue weighted by atomic mass is 10.3. The molecule has 17 heavy (non-hydrogen) atoms. The van der Waals surface area contributed by atoms with Crippen LogP contribution in [-0.2, 0) is 6.61 Å². The number of hydrogen-bond donors (Lipinski definition) is 1. The van der Waals surface area contributed by atoms with E-state index in [9.17, 15) is 8.78 Å². The van der Waals surface area contributed by atoms with Gasteiger partial charge in [-0.3, -0.25) is 0 Å². The van der Waals surface area contributed by atoms with E-state index in [1.807, 2.05) is 0 Å². The number of nitrogens with zero attached hydrogens (tertiary/aromatic N) is 1. The minimum atomic E-state index is -0.646. The van der Waals surface area contributed by atoms with Crippen molar-refractivity contribution in [3.63, 3.8) is 0 Å². The second-order valence-corrected chi connectivity index (χ2v) is 5.76. The third-order valence-electron chi connectivity index (χ3n) is 1.86. The average molecular weight is 294 g/mol. The lowest BCUT2D eigenvalue weighted by molar-refractivity contribution is 0.285. The molecule has 0 unspecified atom stereocenters. The van der Waals surface area contributed by atoms with E-state index in [1.165, 1.54) is 23.5 Å². The van der Waals surface area contributed by atoms with Crippen LogP contribution in [-0.4, -0.2) is 10.1 Å². The summed E-state index contributed by atoms with van der Waals surface area (Å²) in [7, 11) is 0. The Bertz CT molecular complexity index is 547. The van der Waals surface area contributed by atoms with Gasteiger partial charge in [0.15, 0.2) is 4.34 Å². The maximum atomic E-state index is 13.4. The molecule has 0 radical (unpaired) electrons. The van der Waals surface area contributed by atoms with Crippen LogP contribution in [0.3, 0.4) is 0 Å². The highest BCUT2D eigenvalue weighted by Gasteiger charge is 2.12. The molecule has 0 aliphatic heterocycles. The van der Waals surface area contributed by atoms with Crippen LogP contribution in [0.15, 0.2) is 27.4 Å². The highest BCUT2D eigenvalue weighted by Crippen LogP contribution is 2.36. The molecule has 0 spiro atoms. The van der Waals surface area contributed by atoms with E-state index in [-0.39, 0.29) is 16.7 Å². The van der Waals surface area contributed by atoms with E-state index in [0.29, 0.717) is 9.22 Å². The largest absolute Gasteiger partial charge is 0.391 e. The van der Waals surface area contributed by atoms with Gasteiger partial charge in [0.1, 0.15) is 16.8 Å². The average Bonchev–Trinajstić information content (AvgIpc) is 2.63. The Morgan fingerprint density at radius 3 is 2.76 bits per heavy atom. The number of thiazole rings is 1. The van der Waals surface area contributed by atoms with Crippen LogP contribution in [0.1, 0.15) is 4.88 Å². The molecule has 0 amide bonds. The zero-order valence-electron chi connectivity index (χ0n) is 8.28. The molecule has 2 aromatic rings. The van der Waals surface area contributed by atoms with Crippen LogP contribution in [0.25, 0.3) is 0 Å². The number of rotatable bonds is 3. The molecule has 0 fully saturated rings. The second kappa shape index (κ2) is 5.30. The van der Waals surface area contributed by atoms with Crippen molar-refractivity contribution in [1.82, 2.24) is 4.98 Å². The fraction of sp³-hybridized carbons (Fsp3) is 0.100. The lowest BCUT2D eigenvalue weighted by Gasteiger charge is -1.99. The van der Waals surface area contributed by atoms with Crippen LogP contribution >= 0.6 is 34.7 Å². The van der Waals surface area contributed by atoms with Crippen molar-refractivity contribution in [2.75, 3.05) is 0 Å². The molecule has 1 aromatic heterocycles. The maximum absolute atomic E-state index is 13.4. The van der Waals surface area contributed by atoms with Crippen LogP contribution in [0.2, 0.25) is 5.15 Å². The van der Waals surface area contributed by atoms with Gasteiger partial charge in [0, 0.05) is 6.07 Å². The first-order valence-electron chi connectivity index (χ1n) is 4.49. The Hall–Kier alpha value is -0.690. The summed E-state index contributed by atoms with van der Waals surface area (Å²) in [6, 6.07) is 3.32. The van der Waals surface area contributed by atoms with Gasteiger partial charge in [-0.1, -0.05) is 23.4 Å². The molecule has 0 aliphatic carbocycles. The highest BCUT2D eigenvalue weighted by atomic mass is 35.5. The van der Waals surface area contributed by atoms with Crippen molar-refractivity contribution in [3.05, 3.63) is 39.9 Å². The van der Waals surface area contributed by atoms with Gasteiger partial charge in [0.25, 0.3) is 0 Å². The van der Waals surface area contributed by atoms with E-state index in [0.717, 1.165) is 17.8 Å². The van der Waals surface area contributed by atoms with Gasteiger partial charge in [0.2, 0.25) is 0 Å². The summed E-state index contributed by atoms with van der Waals surface area (Å²) in [5.41, 5.74) is 0. The van der Waals surface area contributed by atoms with Crippen LogP contribution in [0.4, 0.5) is 8.78 Å². The van der Waals surface area contributed by atoms with Gasteiger partial charge in [0.05, 0.1) is 16.4 Å². The second-order valence-electron chi connectivity index (χ2n) is 3.03. The molecule has 0 aliphatic rings. The summed E-state index contributed by atoms with van der Waals surface area (Å²) >= 11 is 7.97. The minimum Gasteiger partial charge on any atom is -0.391 e. The Morgan fingerprint density at radius 1 is 1.41 bits per heavy atom. The zero-order chi connectivity index (χ0) is 12.4. The standard InChI is InChI=1S/C10H6ClF2NOS2/c11-9-8(4-15)17-10(14-9)16-7-2-1-5(12)3-6(7)13/h1-3,15H,4H2. The molecule has 2 rings (SSSR count). The Kier molecular flexibility index (Phi) is 3.98. The Balaban J connectivity index is 2.25. The third-order valence-corrected chi connectivity index (χ3v) is 4.44. The molecular weight excluding hydrogens is 288 g/mol. The van der Waals surface area contributed by atoms with Crippen molar-refractivity contribution < 1.29 is 13.9 Å². The number of aromatic nitrogens is 1. The minimum absolute atomic E-state index is 0.205. The highest BCUT2D eigenvalue weighted by molar-refractivity contribution is 8.01. The molecule has 7 heteroatoms. The Labute approximate surface area is 109 Å². The molecule has 90 valence electrons. The summed E-state index contributed by atoms with van der Waals surface area (Å²) in [4.78, 5) is 4.76. The topological polar surface area (TPSA) is 33.1 Å². The van der Waals surface area contributed by atoms with Crippen LogP contribution < -0.4 is 0 Å². The summed E-state index contributed by atoms with van der Waals surface area (Å²) < 4.78 is 26.6. The van der Waals surface area contributed by atoms with Gasteiger partial charge in [-0.05, 0) is 12.1 Å². The van der Waals surface area contributed by atoms with E-state index in [2.05, 4.69) is 4.98 Å². The number of aliphatic hydroxyl groups is 1. The number of halogens is 3. The number of hydrogen-bond acceptors (Lipinski definition) is 4. The molecule has 1 heterocycles. The molecule has 0 saturated carbocycles. The summed E-state index contributed by atoms with van der Waals surface area (Å²) in [6.07, 6.45) is 0. The van der Waals surface area contributed by atoms with Crippen molar-refractivity contribution in [2.45, 2.75) is 15.8 Å². The van der Waals surface area contributed by atoms with Crippen molar-refractivity contribution >= 4 is 34.7 Å². The fourth-order valence-corrected chi connectivity index (χ4v) is 3.36. The zero-order valence-corrected chi connectivity index (χ0v) is 10.7. The third kappa shape index (κ3) is 2.95. The Morgan fingerprint density at radius 2 is 2.18 bits per heavy atom. The molecule has 0 saturated heterocycles. The molecule has 2 nitrogen and oxygen atoms in total. The smallest absolute Gasteiger partial charge is 0.156 e. The predicted octanol–water partition coefficient (Wildman–Crippen LogP) is 3.72. The van der Waals surface area contributed by atoms with Crippen molar-refractivity contribution in [1.29, 1.82) is 0 Å². The normalized spacial score (nSPS) is 10.8. The van der Waals surface area contributed by atoms with Gasteiger partial charge in [-0.2, -0.15) is 0 Å². The summed E-state index contributed by atoms with van der Waals surface area (Å²) in [5, 5.41) is 9.15. The molecular formula is C10H6ClF2NOS2. The summed E-state index contributed by atoms with van der Waals surface area (Å²) in [5.74, 6) is -1.27. The fourth-order valence-electron chi connectivity index (χ4n) is 1.11. The van der Waals surface area contributed by atoms with Gasteiger partial charge in [-0.15, -0.1) is 11.3 Å². The number of aliphatic hydroxyl groups excluding tert-OH is 1. The van der Waals surface area contributed by atoms with E-state index in [4.69, 9.17) is 16.7 Å². The first-order chi connectivity index (χ1) is 8.10. The molecule has 1 aromatic carbocycles. The van der Waals surface area contributed by atoms with Crippen LogP contribution in [0, 0.1) is 11.6 Å². The van der Waals surface area contributed by atoms with E-state index in [1.54, 1.807) is 0 Å². The van der Waals surface area contributed by atoms with Crippen molar-refractivity contribution in [3.8, 4) is 0 Å². The van der Waals surface area contributed by atoms with Crippen LogP contribution in [0.5, 0.6) is 0 Å². The van der Waals surface area contributed by atoms with Gasteiger partial charge < -0.3 is 5.11 Å². The molecule has 0 atom stereocenters. The SMILES string of the molecule is OCc1sc(Sc2ccc(F)cc2F)nc1Cl. The monoisotopic (exact) mass is 293 g/mol. The van der Waals surface area contributed by atoms with E-state index >= 15 is 0 Å². The quantitative estimate of drug-likeness (QED) is 0.936. The first kappa shape index (κ1) is 12.8. The lowest BCUT2D eigenvalue weighted by Crippen LogP contribution is -1.82. The molecule has 1 N–H and O–H groups in total. The van der Waals surface area contributed by atoms with Crippen molar-refractivity contribution in [2.24, 2.45) is 0 Å². The first-order valence-corrected chi connectivity index (χ1v) is 6.50. The number of benzene rings is 1. The summed E-state index contributed by atoms with van der Waals surface area (Å²) in [6.45, 7) is -0.205. The predicted molar refractivity (Wildman–Crippen MR) is 63.5 cm³/mol. The van der Waals surface area contributed by atoms with Gasteiger partial charge in [-0.25, -0.2) is 13.8 Å². The van der Waals surface area contributed by atoms with E-state index < -0.39 is 11.6 Å². The molecule has 0 bridgehead atoms.